The average Bonchev–Trinajstić information content (AvgIpc) is 2.25. The Morgan fingerprint density at radius 2 is 2.06 bits per heavy atom. The highest BCUT2D eigenvalue weighted by atomic mass is 35.5. The van der Waals surface area contributed by atoms with Crippen molar-refractivity contribution in [3.63, 3.8) is 0 Å². The van der Waals surface area contributed by atoms with E-state index in [4.69, 9.17) is 34.0 Å². The van der Waals surface area contributed by atoms with Crippen LogP contribution in [0, 0.1) is 0 Å². The van der Waals surface area contributed by atoms with Crippen LogP contribution in [0.25, 0.3) is 0 Å². The monoisotopic (exact) mass is 312 g/mol. The van der Waals surface area contributed by atoms with E-state index in [1.54, 1.807) is 6.92 Å². The van der Waals surface area contributed by atoms with Crippen LogP contribution < -0.4 is 10.5 Å². The number of aliphatic hydroxyl groups excluding tert-OH is 1. The Morgan fingerprint density at radius 3 is 2.61 bits per heavy atom. The van der Waals surface area contributed by atoms with Crippen molar-refractivity contribution in [2.45, 2.75) is 24.3 Å². The molecule has 102 valence electrons. The molecule has 1 atom stereocenters. The van der Waals surface area contributed by atoms with Crippen LogP contribution in [0.3, 0.4) is 0 Å². The van der Waals surface area contributed by atoms with E-state index >= 15 is 0 Å². The molecule has 1 aromatic rings. The summed E-state index contributed by atoms with van der Waals surface area (Å²) >= 11 is 11.6. The van der Waals surface area contributed by atoms with E-state index in [9.17, 15) is 8.42 Å². The molecule has 0 aromatic heterocycles. The molecule has 0 radical (unpaired) electrons. The zero-order valence-corrected chi connectivity index (χ0v) is 12.0. The van der Waals surface area contributed by atoms with Crippen molar-refractivity contribution in [2.75, 3.05) is 12.3 Å². The van der Waals surface area contributed by atoms with Crippen LogP contribution in [0.15, 0.2) is 17.0 Å². The highest BCUT2D eigenvalue weighted by Gasteiger charge is 2.22. The minimum atomic E-state index is -3.78. The molecule has 1 unspecified atom stereocenters. The van der Waals surface area contributed by atoms with Crippen LogP contribution in [0.1, 0.15) is 13.3 Å². The standard InChI is InChI=1S/C10H14Cl2N2O3S/c1-6(4-5-15)14-18(16,17)8-3-2-7(11)10(13)9(8)12/h2-3,6,14-15H,4-5,13H2,1H3. The Bertz CT molecular complexity index is 534. The first kappa shape index (κ1) is 15.5. The zero-order chi connectivity index (χ0) is 13.9. The van der Waals surface area contributed by atoms with Gasteiger partial charge < -0.3 is 10.8 Å². The van der Waals surface area contributed by atoms with E-state index in [0.717, 1.165) is 0 Å². The zero-order valence-electron chi connectivity index (χ0n) is 9.65. The van der Waals surface area contributed by atoms with Gasteiger partial charge in [-0.25, -0.2) is 13.1 Å². The number of hydrogen-bond acceptors (Lipinski definition) is 4. The first-order valence-electron chi connectivity index (χ1n) is 5.16. The largest absolute Gasteiger partial charge is 0.396 e. The van der Waals surface area contributed by atoms with E-state index in [1.807, 2.05) is 0 Å². The summed E-state index contributed by atoms with van der Waals surface area (Å²) in [6.45, 7) is 1.53. The van der Waals surface area contributed by atoms with E-state index < -0.39 is 16.1 Å². The molecule has 1 rings (SSSR count). The van der Waals surface area contributed by atoms with Crippen LogP contribution in [0.4, 0.5) is 5.69 Å². The number of nitrogens with one attached hydrogen (secondary N) is 1. The highest BCUT2D eigenvalue weighted by Crippen LogP contribution is 2.33. The fourth-order valence-corrected chi connectivity index (χ4v) is 3.38. The SMILES string of the molecule is CC(CCO)NS(=O)(=O)c1ccc(Cl)c(N)c1Cl. The van der Waals surface area contributed by atoms with Crippen molar-refractivity contribution in [3.8, 4) is 0 Å². The molecular weight excluding hydrogens is 299 g/mol. The lowest BCUT2D eigenvalue weighted by molar-refractivity contribution is 0.275. The fraction of sp³-hybridized carbons (Fsp3) is 0.400. The van der Waals surface area contributed by atoms with E-state index in [1.165, 1.54) is 12.1 Å². The third-order valence-corrected chi connectivity index (χ3v) is 4.78. The molecule has 0 aliphatic rings. The lowest BCUT2D eigenvalue weighted by Gasteiger charge is -2.14. The maximum atomic E-state index is 12.0. The van der Waals surface area contributed by atoms with Gasteiger partial charge in [0.1, 0.15) is 4.90 Å². The summed E-state index contributed by atoms with van der Waals surface area (Å²) in [5.41, 5.74) is 5.60. The van der Waals surface area contributed by atoms with Crippen LogP contribution in [-0.2, 0) is 10.0 Å². The Balaban J connectivity index is 3.10. The summed E-state index contributed by atoms with van der Waals surface area (Å²) in [6, 6.07) is 2.25. The van der Waals surface area contributed by atoms with Gasteiger partial charge in [-0.1, -0.05) is 23.2 Å². The quantitative estimate of drug-likeness (QED) is 0.720. The molecule has 0 bridgehead atoms. The molecule has 4 N–H and O–H groups in total. The summed E-state index contributed by atoms with van der Waals surface area (Å²) in [5.74, 6) is 0. The molecule has 0 heterocycles. The predicted octanol–water partition coefficient (Wildman–Crippen LogP) is 1.62. The van der Waals surface area contributed by atoms with Crippen molar-refractivity contribution in [1.29, 1.82) is 0 Å². The number of nitrogen functional groups attached to an aromatic ring is 1. The fourth-order valence-electron chi connectivity index (χ4n) is 1.34. The number of aliphatic hydroxyl groups is 1. The third kappa shape index (κ3) is 3.49. The number of nitrogens with two attached hydrogens (primary N) is 1. The van der Waals surface area contributed by atoms with Gasteiger partial charge in [0.2, 0.25) is 10.0 Å². The van der Waals surface area contributed by atoms with E-state index in [-0.39, 0.29) is 27.2 Å². The lowest BCUT2D eigenvalue weighted by atomic mass is 10.3. The molecule has 0 fully saturated rings. The second kappa shape index (κ2) is 6.08. The van der Waals surface area contributed by atoms with E-state index in [0.29, 0.717) is 6.42 Å². The number of hydrogen-bond donors (Lipinski definition) is 3. The molecule has 8 heteroatoms. The normalized spacial score (nSPS) is 13.6. The first-order chi connectivity index (χ1) is 8.29. The summed E-state index contributed by atoms with van der Waals surface area (Å²) in [4.78, 5) is -0.129. The molecular formula is C10H14Cl2N2O3S. The average molecular weight is 313 g/mol. The molecule has 0 aliphatic carbocycles. The Morgan fingerprint density at radius 1 is 1.44 bits per heavy atom. The minimum absolute atomic E-state index is 0.0241. The van der Waals surface area contributed by atoms with Gasteiger partial charge in [-0.2, -0.15) is 0 Å². The molecule has 0 spiro atoms. The number of anilines is 1. The van der Waals surface area contributed by atoms with Crippen molar-refractivity contribution < 1.29 is 13.5 Å². The summed E-state index contributed by atoms with van der Waals surface area (Å²) in [5, 5.41) is 8.83. The van der Waals surface area contributed by atoms with Gasteiger partial charge in [-0.3, -0.25) is 0 Å². The van der Waals surface area contributed by atoms with Crippen molar-refractivity contribution in [3.05, 3.63) is 22.2 Å². The lowest BCUT2D eigenvalue weighted by Crippen LogP contribution is -2.33. The first-order valence-corrected chi connectivity index (χ1v) is 7.40. The molecule has 0 saturated carbocycles. The smallest absolute Gasteiger partial charge is 0.242 e. The molecule has 5 nitrogen and oxygen atoms in total. The number of halogens is 2. The molecule has 18 heavy (non-hydrogen) atoms. The van der Waals surface area contributed by atoms with Crippen LogP contribution in [0.5, 0.6) is 0 Å². The Kier molecular flexibility index (Phi) is 5.24. The Hall–Kier alpha value is -0.530. The van der Waals surface area contributed by atoms with Gasteiger partial charge in [-0.05, 0) is 25.5 Å². The molecule has 1 aromatic carbocycles. The van der Waals surface area contributed by atoms with Gasteiger partial charge in [0.25, 0.3) is 0 Å². The van der Waals surface area contributed by atoms with Gasteiger partial charge in [-0.15, -0.1) is 0 Å². The predicted molar refractivity (Wildman–Crippen MR) is 72.4 cm³/mol. The molecule has 0 amide bonds. The van der Waals surface area contributed by atoms with Crippen LogP contribution in [0.2, 0.25) is 10.0 Å². The van der Waals surface area contributed by atoms with Gasteiger partial charge in [0.05, 0.1) is 15.7 Å². The number of sulfonamides is 1. The maximum absolute atomic E-state index is 12.0. The van der Waals surface area contributed by atoms with Crippen LogP contribution >= 0.6 is 23.2 Å². The minimum Gasteiger partial charge on any atom is -0.396 e. The Labute approximate surface area is 116 Å². The summed E-state index contributed by atoms with van der Waals surface area (Å²) in [6.07, 6.45) is 0.305. The highest BCUT2D eigenvalue weighted by molar-refractivity contribution is 7.89. The van der Waals surface area contributed by atoms with E-state index in [2.05, 4.69) is 4.72 Å². The maximum Gasteiger partial charge on any atom is 0.242 e. The van der Waals surface area contributed by atoms with Gasteiger partial charge in [0, 0.05) is 12.6 Å². The molecule has 0 aliphatic heterocycles. The van der Waals surface area contributed by atoms with Crippen molar-refractivity contribution in [2.24, 2.45) is 0 Å². The molecule has 0 saturated heterocycles. The number of rotatable bonds is 5. The van der Waals surface area contributed by atoms with Crippen molar-refractivity contribution >= 4 is 38.9 Å². The summed E-state index contributed by atoms with van der Waals surface area (Å²) in [7, 11) is -3.78. The topological polar surface area (TPSA) is 92.4 Å². The van der Waals surface area contributed by atoms with Crippen molar-refractivity contribution in [1.82, 2.24) is 4.72 Å². The third-order valence-electron chi connectivity index (χ3n) is 2.30. The van der Waals surface area contributed by atoms with Gasteiger partial charge in [0.15, 0.2) is 0 Å². The van der Waals surface area contributed by atoms with Crippen LogP contribution in [-0.4, -0.2) is 26.2 Å². The summed E-state index contributed by atoms with van der Waals surface area (Å²) < 4.78 is 26.4. The second-order valence-corrected chi connectivity index (χ2v) is 6.28. The second-order valence-electron chi connectivity index (χ2n) is 3.81. The van der Waals surface area contributed by atoms with Gasteiger partial charge >= 0.3 is 0 Å². The number of benzene rings is 1.